The molecule has 6 aliphatic heterocycles. The van der Waals surface area contributed by atoms with Crippen LogP contribution in [0.3, 0.4) is 0 Å². The minimum Gasteiger partial charge on any atom is -0.463 e. The predicted molar refractivity (Wildman–Crippen MR) is 131 cm³/mol. The number of hydrogen-bond donors (Lipinski definition) is 0. The van der Waals surface area contributed by atoms with Crippen LogP contribution in [0.1, 0.15) is 40.5 Å². The average Bonchev–Trinajstić information content (AvgIpc) is 3.78. The number of allylic oxidation sites excluding steroid dienone is 2. The third-order valence-electron chi connectivity index (χ3n) is 10.7. The lowest BCUT2D eigenvalue weighted by Gasteiger charge is -2.57. The van der Waals surface area contributed by atoms with E-state index < -0.39 is 52.5 Å². The SMILES string of the molecule is CC1=C[C@H]2O[C@H]3C[C@@H]4OC(=O)/C=C/C=C/[C@H]5O[C@@H](C[C@@]6(C)O[C@H]6C(=O)OC[C@@]2([C@@H]2O[C@H]12)[C@@]4(C)[C@@]31CO1)O[C@@H]5C. The van der Waals surface area contributed by atoms with Gasteiger partial charge in [-0.1, -0.05) is 31.2 Å². The summed E-state index contributed by atoms with van der Waals surface area (Å²) in [6, 6.07) is 0. The number of esters is 2. The van der Waals surface area contributed by atoms with Crippen LogP contribution in [0.4, 0.5) is 0 Å². The van der Waals surface area contributed by atoms with E-state index in [2.05, 4.69) is 13.0 Å². The molecule has 0 amide bonds. The number of carbonyl (C=O) groups excluding carboxylic acids is 2. The summed E-state index contributed by atoms with van der Waals surface area (Å²) < 4.78 is 49.2. The lowest BCUT2D eigenvalue weighted by atomic mass is 9.51. The topological polar surface area (TPSA) is 118 Å². The van der Waals surface area contributed by atoms with E-state index in [0.29, 0.717) is 19.4 Å². The highest BCUT2D eigenvalue weighted by Gasteiger charge is 2.87. The van der Waals surface area contributed by atoms with Crippen LogP contribution in [-0.4, -0.2) is 91.5 Å². The summed E-state index contributed by atoms with van der Waals surface area (Å²) >= 11 is 0. The van der Waals surface area contributed by atoms with E-state index >= 15 is 0 Å². The van der Waals surface area contributed by atoms with Crippen LogP contribution in [0.2, 0.25) is 0 Å². The third kappa shape index (κ3) is 3.18. The molecule has 0 aromatic heterocycles. The van der Waals surface area contributed by atoms with E-state index in [-0.39, 0.29) is 43.2 Å². The smallest absolute Gasteiger partial charge is 0.338 e. The predicted octanol–water partition coefficient (Wildman–Crippen LogP) is 1.91. The van der Waals surface area contributed by atoms with Gasteiger partial charge < -0.3 is 37.9 Å². The molecule has 13 atom stereocenters. The molecule has 1 saturated carbocycles. The van der Waals surface area contributed by atoms with Gasteiger partial charge in [0.15, 0.2) is 12.4 Å². The van der Waals surface area contributed by atoms with Crippen molar-refractivity contribution in [1.82, 2.24) is 0 Å². The highest BCUT2D eigenvalue weighted by molar-refractivity contribution is 5.82. The number of hydrogen-bond acceptors (Lipinski definition) is 10. The molecule has 10 heteroatoms. The molecule has 10 nitrogen and oxygen atoms in total. The highest BCUT2D eigenvalue weighted by atomic mass is 16.7. The van der Waals surface area contributed by atoms with Crippen LogP contribution < -0.4 is 0 Å². The van der Waals surface area contributed by atoms with Crippen molar-refractivity contribution in [3.8, 4) is 0 Å². The van der Waals surface area contributed by atoms with Gasteiger partial charge in [-0.15, -0.1) is 0 Å². The van der Waals surface area contributed by atoms with Gasteiger partial charge in [0.2, 0.25) is 0 Å². The van der Waals surface area contributed by atoms with Gasteiger partial charge in [0.05, 0.1) is 35.7 Å². The summed E-state index contributed by atoms with van der Waals surface area (Å²) in [4.78, 5) is 26.5. The van der Waals surface area contributed by atoms with E-state index in [9.17, 15) is 9.59 Å². The number of cyclic esters (lactones) is 1. The maximum absolute atomic E-state index is 13.4. The zero-order valence-electron chi connectivity index (χ0n) is 22.5. The zero-order valence-corrected chi connectivity index (χ0v) is 22.5. The summed E-state index contributed by atoms with van der Waals surface area (Å²) in [6.45, 7) is 8.47. The minimum absolute atomic E-state index is 0.0356. The first-order valence-corrected chi connectivity index (χ1v) is 14.0. The summed E-state index contributed by atoms with van der Waals surface area (Å²) in [6.07, 6.45) is 6.49. The highest BCUT2D eigenvalue weighted by Crippen LogP contribution is 2.74. The fourth-order valence-corrected chi connectivity index (χ4v) is 8.26. The van der Waals surface area contributed by atoms with E-state index in [1.165, 1.54) is 6.08 Å². The van der Waals surface area contributed by atoms with E-state index in [1.54, 1.807) is 12.2 Å². The first-order valence-electron chi connectivity index (χ1n) is 14.0. The van der Waals surface area contributed by atoms with Crippen LogP contribution in [0, 0.1) is 10.8 Å². The largest absolute Gasteiger partial charge is 0.463 e. The van der Waals surface area contributed by atoms with Gasteiger partial charge in [-0.2, -0.15) is 0 Å². The second-order valence-corrected chi connectivity index (χ2v) is 12.8. The van der Waals surface area contributed by atoms with Gasteiger partial charge in [0, 0.05) is 18.9 Å². The molecule has 210 valence electrons. The van der Waals surface area contributed by atoms with Crippen LogP contribution in [0.5, 0.6) is 0 Å². The zero-order chi connectivity index (χ0) is 26.9. The fourth-order valence-electron chi connectivity index (χ4n) is 8.26. The van der Waals surface area contributed by atoms with Crippen molar-refractivity contribution in [3.63, 3.8) is 0 Å². The Morgan fingerprint density at radius 3 is 2.62 bits per heavy atom. The molecule has 5 saturated heterocycles. The Kier molecular flexibility index (Phi) is 4.94. The molecule has 2 spiro atoms. The van der Waals surface area contributed by atoms with Gasteiger partial charge in [-0.05, 0) is 26.3 Å². The summed E-state index contributed by atoms with van der Waals surface area (Å²) in [7, 11) is 0. The van der Waals surface area contributed by atoms with Gasteiger partial charge in [-0.25, -0.2) is 9.59 Å². The maximum atomic E-state index is 13.4. The van der Waals surface area contributed by atoms with Gasteiger partial charge in [-0.3, -0.25) is 0 Å². The molecule has 0 aromatic carbocycles. The number of rotatable bonds is 0. The molecule has 0 radical (unpaired) electrons. The molecular formula is C29H34O10. The van der Waals surface area contributed by atoms with Crippen LogP contribution >= 0.6 is 0 Å². The summed E-state index contributed by atoms with van der Waals surface area (Å²) in [5.41, 5.74) is -1.78. The second-order valence-electron chi connectivity index (χ2n) is 12.8. The number of fused-ring (bicyclic) bond motifs is 4. The van der Waals surface area contributed by atoms with Crippen molar-refractivity contribution < 1.29 is 47.5 Å². The maximum Gasteiger partial charge on any atom is 0.338 e. The monoisotopic (exact) mass is 542 g/mol. The molecule has 2 aliphatic carbocycles. The number of ether oxygens (including phenoxy) is 8. The van der Waals surface area contributed by atoms with Crippen molar-refractivity contribution in [3.05, 3.63) is 36.0 Å². The molecule has 8 rings (SSSR count). The van der Waals surface area contributed by atoms with Crippen molar-refractivity contribution >= 4 is 11.9 Å². The lowest BCUT2D eigenvalue weighted by molar-refractivity contribution is -0.236. The molecule has 0 aromatic rings. The van der Waals surface area contributed by atoms with Crippen LogP contribution in [0.25, 0.3) is 0 Å². The minimum atomic E-state index is -0.804. The Bertz CT molecular complexity index is 1220. The number of epoxide rings is 3. The Morgan fingerprint density at radius 1 is 1.00 bits per heavy atom. The van der Waals surface area contributed by atoms with E-state index in [0.717, 1.165) is 5.57 Å². The second kappa shape index (κ2) is 7.80. The first kappa shape index (κ1) is 24.7. The molecule has 8 aliphatic rings. The van der Waals surface area contributed by atoms with Gasteiger partial charge in [0.25, 0.3) is 0 Å². The van der Waals surface area contributed by atoms with Crippen molar-refractivity contribution in [1.29, 1.82) is 0 Å². The average molecular weight is 543 g/mol. The van der Waals surface area contributed by atoms with Crippen LogP contribution in [0.15, 0.2) is 36.0 Å². The normalized spacial score (nSPS) is 58.5. The first-order chi connectivity index (χ1) is 18.6. The quantitative estimate of drug-likeness (QED) is 0.255. The van der Waals surface area contributed by atoms with Crippen molar-refractivity contribution in [2.45, 2.75) is 107 Å². The van der Waals surface area contributed by atoms with Gasteiger partial charge >= 0.3 is 11.9 Å². The Labute approximate surface area is 226 Å². The van der Waals surface area contributed by atoms with E-state index in [1.807, 2.05) is 26.8 Å². The Hall–Kier alpha value is -2.08. The molecule has 0 unspecified atom stereocenters. The fraction of sp³-hybridized carbons (Fsp3) is 0.724. The Balaban J connectivity index is 1.18. The third-order valence-corrected chi connectivity index (χ3v) is 10.7. The van der Waals surface area contributed by atoms with E-state index in [4.69, 9.17) is 37.9 Å². The molecule has 6 heterocycles. The lowest BCUT2D eigenvalue weighted by Crippen LogP contribution is -2.69. The van der Waals surface area contributed by atoms with Crippen LogP contribution in [-0.2, 0) is 47.5 Å². The molecular weight excluding hydrogens is 508 g/mol. The summed E-state index contributed by atoms with van der Waals surface area (Å²) in [5.74, 6) is -0.893. The summed E-state index contributed by atoms with van der Waals surface area (Å²) in [5, 5.41) is 0. The molecule has 4 bridgehead atoms. The number of carbonyl (C=O) groups is 2. The standard InChI is InChI=1S/C29H34O10/c1-14-9-18-28(23-22(14)38-23)12-32-25(31)24-26(3,39-24)11-21-34-15(2)16(35-21)7-5-6-8-20(30)37-17-10-19(36-18)29(13-33-29)27(17,28)4/h5-9,15-19,21-24H,10-13H2,1-4H3/b7-5+,8-6+/t15-,16-,17+,18-,19+,21+,22-,23-,24+,26-,27+,28-,29-/m1/s1. The molecule has 0 N–H and O–H groups in total. The Morgan fingerprint density at radius 2 is 1.82 bits per heavy atom. The molecule has 39 heavy (non-hydrogen) atoms. The molecule has 6 fully saturated rings. The van der Waals surface area contributed by atoms with Crippen molar-refractivity contribution in [2.24, 2.45) is 10.8 Å². The van der Waals surface area contributed by atoms with Gasteiger partial charge in [0.1, 0.15) is 42.2 Å². The van der Waals surface area contributed by atoms with Crippen molar-refractivity contribution in [2.75, 3.05) is 13.2 Å².